The fourth-order valence-corrected chi connectivity index (χ4v) is 7.53. The second-order valence-electron chi connectivity index (χ2n) is 12.0. The number of anilines is 3. The molecule has 2 nitrogen and oxygen atoms in total. The maximum atomic E-state index is 3.92. The number of fused-ring (bicyclic) bond motifs is 4. The minimum Gasteiger partial charge on any atom is -0.359 e. The third-order valence-corrected chi connectivity index (χ3v) is 9.58. The van der Waals surface area contributed by atoms with E-state index in [9.17, 15) is 0 Å². The van der Waals surface area contributed by atoms with Crippen LogP contribution in [0.5, 0.6) is 0 Å². The Hall–Kier alpha value is -4.08. The summed E-state index contributed by atoms with van der Waals surface area (Å²) < 4.78 is 2.70. The van der Waals surface area contributed by atoms with Gasteiger partial charge in [0.25, 0.3) is 0 Å². The van der Waals surface area contributed by atoms with Gasteiger partial charge >= 0.3 is 0 Å². The molecule has 0 bridgehead atoms. The molecule has 0 aliphatic carbocycles. The number of thiophene rings is 1. The van der Waals surface area contributed by atoms with Crippen LogP contribution in [0.2, 0.25) is 0 Å². The zero-order chi connectivity index (χ0) is 28.2. The number of rotatable bonds is 5. The van der Waals surface area contributed by atoms with Gasteiger partial charge in [-0.3, -0.25) is 0 Å². The molecule has 0 radical (unpaired) electrons. The molecular formula is C38H36N2S. The van der Waals surface area contributed by atoms with Gasteiger partial charge in [0.1, 0.15) is 6.17 Å². The molecule has 1 aliphatic rings. The Morgan fingerprint density at radius 2 is 1.37 bits per heavy atom. The number of aryl methyl sites for hydroxylation is 1. The minimum atomic E-state index is -0.00484. The Morgan fingerprint density at radius 1 is 0.659 bits per heavy atom. The summed E-state index contributed by atoms with van der Waals surface area (Å²) in [6, 6.07) is 38.3. The zero-order valence-corrected chi connectivity index (χ0v) is 25.2. The van der Waals surface area contributed by atoms with Crippen LogP contribution in [0.15, 0.2) is 103 Å². The van der Waals surface area contributed by atoms with Gasteiger partial charge < -0.3 is 10.2 Å². The highest BCUT2D eigenvalue weighted by atomic mass is 32.1. The van der Waals surface area contributed by atoms with Crippen molar-refractivity contribution in [2.75, 3.05) is 10.2 Å². The predicted molar refractivity (Wildman–Crippen MR) is 179 cm³/mol. The van der Waals surface area contributed by atoms with Crippen molar-refractivity contribution in [2.24, 2.45) is 0 Å². The maximum Gasteiger partial charge on any atom is 0.130 e. The standard InChI is InChI=1S/C38H36N2S/c1-23(2)30-21-28(26-11-7-6-8-12-26)22-31(24(3)4)37(30)40-34-14-10-9-13-33(34)39-38(40)27-16-18-35-32(20-27)29-17-15-25(5)19-36(29)41-35/h6-24,38-39H,1-5H3. The molecule has 1 unspecified atom stereocenters. The van der Waals surface area contributed by atoms with Gasteiger partial charge in [0, 0.05) is 20.2 Å². The minimum absolute atomic E-state index is 0.00484. The molecule has 0 fully saturated rings. The van der Waals surface area contributed by atoms with Crippen molar-refractivity contribution in [3.63, 3.8) is 0 Å². The summed E-state index contributed by atoms with van der Waals surface area (Å²) in [5, 5.41) is 6.61. The van der Waals surface area contributed by atoms with E-state index in [0.717, 1.165) is 0 Å². The molecule has 1 atom stereocenters. The molecule has 2 heterocycles. The van der Waals surface area contributed by atoms with E-state index >= 15 is 0 Å². The van der Waals surface area contributed by atoms with Gasteiger partial charge in [-0.25, -0.2) is 0 Å². The topological polar surface area (TPSA) is 15.3 Å². The lowest BCUT2D eigenvalue weighted by molar-refractivity contribution is 0.777. The fraction of sp³-hybridized carbons (Fsp3) is 0.211. The van der Waals surface area contributed by atoms with E-state index < -0.39 is 0 Å². The van der Waals surface area contributed by atoms with Crippen LogP contribution in [0.4, 0.5) is 17.1 Å². The molecule has 204 valence electrons. The average Bonchev–Trinajstić information content (AvgIpc) is 3.54. The van der Waals surface area contributed by atoms with Gasteiger partial charge in [-0.1, -0.05) is 88.4 Å². The largest absolute Gasteiger partial charge is 0.359 e. The highest BCUT2D eigenvalue weighted by Crippen LogP contribution is 2.51. The highest BCUT2D eigenvalue weighted by Gasteiger charge is 2.35. The number of hydrogen-bond donors (Lipinski definition) is 1. The first-order chi connectivity index (χ1) is 19.9. The maximum absolute atomic E-state index is 3.92. The normalized spacial score (nSPS) is 14.8. The summed E-state index contributed by atoms with van der Waals surface area (Å²) in [6.07, 6.45) is -0.00484. The van der Waals surface area contributed by atoms with Crippen molar-refractivity contribution < 1.29 is 0 Å². The lowest BCUT2D eigenvalue weighted by Crippen LogP contribution is -2.26. The Kier molecular flexibility index (Phi) is 6.36. The van der Waals surface area contributed by atoms with Crippen molar-refractivity contribution in [3.8, 4) is 11.1 Å². The van der Waals surface area contributed by atoms with E-state index in [1.807, 2.05) is 11.3 Å². The second kappa shape index (κ2) is 10.1. The summed E-state index contributed by atoms with van der Waals surface area (Å²) >= 11 is 1.89. The van der Waals surface area contributed by atoms with Crippen LogP contribution in [-0.2, 0) is 0 Å². The van der Waals surface area contributed by atoms with Crippen LogP contribution in [0.25, 0.3) is 31.3 Å². The second-order valence-corrected chi connectivity index (χ2v) is 13.1. The third-order valence-electron chi connectivity index (χ3n) is 8.44. The number of hydrogen-bond acceptors (Lipinski definition) is 3. The highest BCUT2D eigenvalue weighted by molar-refractivity contribution is 7.25. The fourth-order valence-electron chi connectivity index (χ4n) is 6.35. The number of para-hydroxylation sites is 2. The summed E-state index contributed by atoms with van der Waals surface area (Å²) in [4.78, 5) is 2.58. The van der Waals surface area contributed by atoms with Gasteiger partial charge in [-0.2, -0.15) is 0 Å². The van der Waals surface area contributed by atoms with Crippen molar-refractivity contribution in [1.82, 2.24) is 0 Å². The molecule has 1 N–H and O–H groups in total. The van der Waals surface area contributed by atoms with Gasteiger partial charge in [0.15, 0.2) is 0 Å². The van der Waals surface area contributed by atoms with E-state index in [2.05, 4.69) is 148 Å². The van der Waals surface area contributed by atoms with Gasteiger partial charge in [-0.15, -0.1) is 11.3 Å². The third kappa shape index (κ3) is 4.40. The van der Waals surface area contributed by atoms with Crippen LogP contribution >= 0.6 is 11.3 Å². The molecule has 1 aromatic heterocycles. The summed E-state index contributed by atoms with van der Waals surface area (Å²) in [7, 11) is 0. The molecule has 5 aromatic carbocycles. The smallest absolute Gasteiger partial charge is 0.130 e. The van der Waals surface area contributed by atoms with Gasteiger partial charge in [0.2, 0.25) is 0 Å². The molecule has 3 heteroatoms. The molecular weight excluding hydrogens is 516 g/mol. The molecule has 0 amide bonds. The van der Waals surface area contributed by atoms with Crippen molar-refractivity contribution in [3.05, 3.63) is 125 Å². The summed E-state index contributed by atoms with van der Waals surface area (Å²) in [5.74, 6) is 0.734. The molecule has 6 aromatic rings. The van der Waals surface area contributed by atoms with Crippen LogP contribution < -0.4 is 10.2 Å². The zero-order valence-electron chi connectivity index (χ0n) is 24.4. The number of nitrogens with zero attached hydrogens (tertiary/aromatic N) is 1. The quantitative estimate of drug-likeness (QED) is 0.229. The molecule has 7 rings (SSSR count). The van der Waals surface area contributed by atoms with Crippen LogP contribution in [0, 0.1) is 6.92 Å². The first kappa shape index (κ1) is 25.9. The molecule has 0 saturated carbocycles. The number of benzene rings is 5. The van der Waals surface area contributed by atoms with Crippen LogP contribution in [0.1, 0.15) is 68.0 Å². The van der Waals surface area contributed by atoms with E-state index in [4.69, 9.17) is 0 Å². The Balaban J connectivity index is 1.46. The lowest BCUT2D eigenvalue weighted by Gasteiger charge is -2.34. The van der Waals surface area contributed by atoms with E-state index in [0.29, 0.717) is 11.8 Å². The van der Waals surface area contributed by atoms with Crippen molar-refractivity contribution in [1.29, 1.82) is 0 Å². The Labute approximate surface area is 247 Å². The Bertz CT molecular complexity index is 1870. The van der Waals surface area contributed by atoms with E-state index in [-0.39, 0.29) is 6.17 Å². The van der Waals surface area contributed by atoms with Crippen LogP contribution in [0.3, 0.4) is 0 Å². The number of nitrogens with one attached hydrogen (secondary N) is 1. The molecule has 0 saturated heterocycles. The lowest BCUT2D eigenvalue weighted by atomic mass is 9.87. The summed E-state index contributed by atoms with van der Waals surface area (Å²) in [6.45, 7) is 11.5. The van der Waals surface area contributed by atoms with Gasteiger partial charge in [0.05, 0.1) is 17.1 Å². The molecule has 1 aliphatic heterocycles. The predicted octanol–water partition coefficient (Wildman–Crippen LogP) is 11.5. The first-order valence-electron chi connectivity index (χ1n) is 14.7. The van der Waals surface area contributed by atoms with Crippen molar-refractivity contribution >= 4 is 48.6 Å². The van der Waals surface area contributed by atoms with Gasteiger partial charge in [-0.05, 0) is 94.6 Å². The van der Waals surface area contributed by atoms with Crippen molar-refractivity contribution in [2.45, 2.75) is 52.6 Å². The van der Waals surface area contributed by atoms with Crippen LogP contribution in [-0.4, -0.2) is 0 Å². The Morgan fingerprint density at radius 3 is 2.10 bits per heavy atom. The van der Waals surface area contributed by atoms with E-state index in [1.165, 1.54) is 70.6 Å². The summed E-state index contributed by atoms with van der Waals surface area (Å²) in [5.41, 5.74) is 11.7. The molecule has 0 spiro atoms. The van der Waals surface area contributed by atoms with E-state index in [1.54, 1.807) is 0 Å². The SMILES string of the molecule is Cc1ccc2c(c1)sc1ccc(C3Nc4ccccc4N3c3c(C(C)C)cc(-c4ccccc4)cc3C(C)C)cc12. The monoisotopic (exact) mass is 552 g/mol. The molecule has 41 heavy (non-hydrogen) atoms. The first-order valence-corrected chi connectivity index (χ1v) is 15.5. The average molecular weight is 553 g/mol.